The number of carbonyl (C=O) groups is 5. The molecule has 14 heteroatoms. The smallest absolute Gasteiger partial charge is 0.317 e. The van der Waals surface area contributed by atoms with E-state index in [0.717, 1.165) is 6.42 Å². The molecule has 1 rings (SSSR count). The molecule has 260 valence electrons. The lowest BCUT2D eigenvalue weighted by Crippen LogP contribution is -2.51. The number of carbonyl (C=O) groups excluding carboxylic acids is 2. The summed E-state index contributed by atoms with van der Waals surface area (Å²) in [6.07, 6.45) is 2.17. The normalized spacial score (nSPS) is 18.1. The molecule has 0 aromatic carbocycles. The van der Waals surface area contributed by atoms with E-state index in [-0.39, 0.29) is 49.5 Å². The zero-order chi connectivity index (χ0) is 34.4. The van der Waals surface area contributed by atoms with Gasteiger partial charge >= 0.3 is 17.9 Å². The maximum atomic E-state index is 13.2. The molecule has 0 saturated carbocycles. The molecule has 1 fully saturated rings. The Balaban J connectivity index is 2.82. The molecule has 0 bridgehead atoms. The van der Waals surface area contributed by atoms with E-state index in [2.05, 4.69) is 31.0 Å². The summed E-state index contributed by atoms with van der Waals surface area (Å²) in [4.78, 5) is 69.6. The van der Waals surface area contributed by atoms with Crippen LogP contribution in [0.1, 0.15) is 60.8 Å². The third-order valence-electron chi connectivity index (χ3n) is 8.17. The summed E-state index contributed by atoms with van der Waals surface area (Å²) in [5, 5.41) is 31.1. The number of nitrogens with zero attached hydrogens (tertiary/aromatic N) is 5. The van der Waals surface area contributed by atoms with Crippen molar-refractivity contribution in [2.45, 2.75) is 72.4 Å². The van der Waals surface area contributed by atoms with E-state index in [1.165, 1.54) is 0 Å². The van der Waals surface area contributed by atoms with Gasteiger partial charge in [0.15, 0.2) is 5.78 Å². The van der Waals surface area contributed by atoms with Crippen molar-refractivity contribution >= 4 is 29.6 Å². The third kappa shape index (κ3) is 17.0. The minimum absolute atomic E-state index is 0.0743. The lowest BCUT2D eigenvalue weighted by Gasteiger charge is -2.40. The molecule has 0 radical (unpaired) electrons. The number of hydrogen-bond donors (Lipinski definition) is 4. The van der Waals surface area contributed by atoms with Crippen LogP contribution in [0, 0.1) is 5.41 Å². The minimum Gasteiger partial charge on any atom is -0.480 e. The first-order valence-corrected chi connectivity index (χ1v) is 15.9. The van der Waals surface area contributed by atoms with E-state index < -0.39 is 23.3 Å². The Morgan fingerprint density at radius 1 is 0.644 bits per heavy atom. The number of likely N-dealkylation sites (N-methyl/N-ethyl adjacent to an activating group) is 1. The number of aliphatic carboxylic acids is 3. The number of carboxylic acids is 3. The second kappa shape index (κ2) is 19.1. The molecule has 0 aromatic rings. The van der Waals surface area contributed by atoms with Crippen molar-refractivity contribution in [1.29, 1.82) is 0 Å². The topological polar surface area (TPSA) is 174 Å². The van der Waals surface area contributed by atoms with Crippen LogP contribution in [-0.4, -0.2) is 173 Å². The van der Waals surface area contributed by atoms with Gasteiger partial charge in [-0.3, -0.25) is 48.5 Å². The second-order valence-electron chi connectivity index (χ2n) is 14.0. The number of nitrogens with one attached hydrogen (secondary N) is 1. The van der Waals surface area contributed by atoms with Gasteiger partial charge < -0.3 is 20.6 Å². The van der Waals surface area contributed by atoms with Crippen molar-refractivity contribution in [3.8, 4) is 0 Å². The minimum atomic E-state index is -1.01. The van der Waals surface area contributed by atoms with Gasteiger partial charge in [0.05, 0.1) is 32.2 Å². The SMILES string of the molecule is CN([C@@H](CCCCNC(=O)CN1CCN(CC(=O)O)CCN(CC(=O)O)CCN(CC(=O)O)CC1)C(=O)C(C)(C)C)C(C)(C)C. The van der Waals surface area contributed by atoms with E-state index in [1.807, 2.05) is 32.7 Å². The number of rotatable bonds is 15. The van der Waals surface area contributed by atoms with Gasteiger partial charge in [0.25, 0.3) is 0 Å². The first-order chi connectivity index (χ1) is 20.8. The van der Waals surface area contributed by atoms with Gasteiger partial charge in [-0.2, -0.15) is 0 Å². The van der Waals surface area contributed by atoms with Crippen LogP contribution in [0.25, 0.3) is 0 Å². The molecule has 45 heavy (non-hydrogen) atoms. The zero-order valence-corrected chi connectivity index (χ0v) is 28.5. The van der Waals surface area contributed by atoms with Crippen LogP contribution in [0.5, 0.6) is 0 Å². The number of Topliss-reactive ketones (excluding diaryl/α,β-unsaturated/α-hetero) is 1. The maximum absolute atomic E-state index is 13.2. The summed E-state index contributed by atoms with van der Waals surface area (Å²) >= 11 is 0. The maximum Gasteiger partial charge on any atom is 0.317 e. The number of unbranched alkanes of at least 4 members (excludes halogenated alkanes) is 1. The van der Waals surface area contributed by atoms with Crippen LogP contribution in [0.4, 0.5) is 0 Å². The summed E-state index contributed by atoms with van der Waals surface area (Å²) in [6, 6.07) is -0.221. The van der Waals surface area contributed by atoms with Crippen LogP contribution in [0.3, 0.4) is 0 Å². The molecule has 1 saturated heterocycles. The zero-order valence-electron chi connectivity index (χ0n) is 28.5. The fourth-order valence-electron chi connectivity index (χ4n) is 5.20. The van der Waals surface area contributed by atoms with Gasteiger partial charge in [0.2, 0.25) is 5.91 Å². The number of ketones is 1. The summed E-state index contributed by atoms with van der Waals surface area (Å²) in [6.45, 7) is 14.7. The van der Waals surface area contributed by atoms with Crippen LogP contribution in [-0.2, 0) is 24.0 Å². The average Bonchev–Trinajstić information content (AvgIpc) is 2.89. The van der Waals surface area contributed by atoms with Gasteiger partial charge in [-0.1, -0.05) is 20.8 Å². The molecule has 1 aliphatic rings. The third-order valence-corrected chi connectivity index (χ3v) is 8.17. The Morgan fingerprint density at radius 3 is 1.31 bits per heavy atom. The molecule has 4 N–H and O–H groups in total. The second-order valence-corrected chi connectivity index (χ2v) is 14.0. The van der Waals surface area contributed by atoms with Gasteiger partial charge in [-0.05, 0) is 47.1 Å². The van der Waals surface area contributed by atoms with Crippen molar-refractivity contribution in [2.75, 3.05) is 92.1 Å². The monoisotopic (exact) mass is 642 g/mol. The summed E-state index contributed by atoms with van der Waals surface area (Å²) in [5.41, 5.74) is -0.627. The van der Waals surface area contributed by atoms with Crippen LogP contribution in [0.15, 0.2) is 0 Å². The van der Waals surface area contributed by atoms with E-state index in [0.29, 0.717) is 71.7 Å². The Labute approximate surface area is 268 Å². The van der Waals surface area contributed by atoms with Crippen molar-refractivity contribution in [1.82, 2.24) is 29.8 Å². The van der Waals surface area contributed by atoms with E-state index in [9.17, 15) is 39.3 Å². The fourth-order valence-corrected chi connectivity index (χ4v) is 5.20. The Kier molecular flexibility index (Phi) is 17.1. The predicted octanol–water partition coefficient (Wildman–Crippen LogP) is 0.462. The highest BCUT2D eigenvalue weighted by atomic mass is 16.4. The van der Waals surface area contributed by atoms with Gasteiger partial charge in [0.1, 0.15) is 0 Å². The summed E-state index contributed by atoms with van der Waals surface area (Å²) in [5.74, 6) is -2.99. The van der Waals surface area contributed by atoms with E-state index in [1.54, 1.807) is 14.7 Å². The van der Waals surface area contributed by atoms with Crippen LogP contribution >= 0.6 is 0 Å². The molecule has 1 atom stereocenters. The van der Waals surface area contributed by atoms with E-state index in [4.69, 9.17) is 0 Å². The van der Waals surface area contributed by atoms with Gasteiger partial charge in [0, 0.05) is 69.9 Å². The molecule has 1 amide bonds. The summed E-state index contributed by atoms with van der Waals surface area (Å²) in [7, 11) is 1.98. The number of hydrogen-bond acceptors (Lipinski definition) is 10. The molecule has 1 heterocycles. The Hall–Kier alpha value is -2.65. The fraction of sp³-hybridized carbons (Fsp3) is 0.839. The van der Waals surface area contributed by atoms with E-state index >= 15 is 0 Å². The van der Waals surface area contributed by atoms with Crippen molar-refractivity contribution in [2.24, 2.45) is 5.41 Å². The largest absolute Gasteiger partial charge is 0.480 e. The molecule has 14 nitrogen and oxygen atoms in total. The molecular weight excluding hydrogens is 584 g/mol. The molecule has 1 aliphatic heterocycles. The first-order valence-electron chi connectivity index (χ1n) is 15.9. The van der Waals surface area contributed by atoms with Gasteiger partial charge in [-0.25, -0.2) is 0 Å². The standard InChI is InChI=1S/C31H58N6O8/c1-30(2,3)29(45)24(33(7)31(4,5)6)10-8-9-11-32-25(38)20-34-12-14-35(21-26(39)40)16-18-37(23-28(43)44)19-17-36(15-13-34)22-27(41)42/h24H,8-23H2,1-7H3,(H,32,38)(H,39,40)(H,41,42)(H,43,44)/t24-/m0/s1. The lowest BCUT2D eigenvalue weighted by molar-refractivity contribution is -0.140. The highest BCUT2D eigenvalue weighted by Crippen LogP contribution is 2.26. The summed E-state index contributed by atoms with van der Waals surface area (Å²) < 4.78 is 0. The highest BCUT2D eigenvalue weighted by molar-refractivity contribution is 5.88. The Morgan fingerprint density at radius 2 is 1.00 bits per heavy atom. The molecule has 0 unspecified atom stereocenters. The quantitative estimate of drug-likeness (QED) is 0.182. The molecular formula is C31H58N6O8. The molecule has 0 aliphatic carbocycles. The number of carboxylic acid groups (broad SMARTS) is 3. The van der Waals surface area contributed by atoms with Gasteiger partial charge in [-0.15, -0.1) is 0 Å². The van der Waals surface area contributed by atoms with Crippen LogP contribution < -0.4 is 5.32 Å². The first kappa shape index (κ1) is 40.4. The predicted molar refractivity (Wildman–Crippen MR) is 171 cm³/mol. The van der Waals surface area contributed by atoms with Crippen molar-refractivity contribution in [3.63, 3.8) is 0 Å². The van der Waals surface area contributed by atoms with Crippen LogP contribution in [0.2, 0.25) is 0 Å². The molecule has 0 spiro atoms. The number of amides is 1. The lowest BCUT2D eigenvalue weighted by atomic mass is 9.83. The molecule has 0 aromatic heterocycles. The average molecular weight is 643 g/mol. The van der Waals surface area contributed by atoms with Crippen molar-refractivity contribution < 1.29 is 39.3 Å². The van der Waals surface area contributed by atoms with Crippen molar-refractivity contribution in [3.05, 3.63) is 0 Å². The Bertz CT molecular complexity index is 948. The highest BCUT2D eigenvalue weighted by Gasteiger charge is 2.35.